The molecule has 0 aliphatic heterocycles. The Hall–Kier alpha value is -0.0800. The van der Waals surface area contributed by atoms with E-state index in [0.29, 0.717) is 0 Å². The molecule has 0 amide bonds. The Morgan fingerprint density at radius 1 is 0.917 bits per heavy atom. The maximum Gasteiger partial charge on any atom is 0.0755 e. The molecule has 0 N–H and O–H groups in total. The number of nitrogens with zero attached hydrogens (tertiary/aromatic N) is 1. The highest BCUT2D eigenvalue weighted by Gasteiger charge is 2.10. The molecule has 0 rings (SSSR count). The Morgan fingerprint density at radius 2 is 1.17 bits per heavy atom. The van der Waals surface area contributed by atoms with Crippen molar-refractivity contribution in [2.75, 3.05) is 33.3 Å². The first-order valence-corrected chi connectivity index (χ1v) is 5.01. The van der Waals surface area contributed by atoms with E-state index in [1.165, 1.54) is 24.1 Å². The van der Waals surface area contributed by atoms with Crippen LogP contribution >= 0.6 is 0 Å². The average molecular weight is 175 g/mol. The molecule has 0 bridgehead atoms. The van der Waals surface area contributed by atoms with Crippen molar-refractivity contribution < 1.29 is 9.59 Å². The lowest BCUT2D eigenvalue weighted by Crippen LogP contribution is -2.42. The first-order chi connectivity index (χ1) is 5.60. The summed E-state index contributed by atoms with van der Waals surface area (Å²) < 4.78 is 1.21. The molecule has 76 valence electrons. The normalized spacial score (nSPS) is 10.5. The fourth-order valence-corrected chi connectivity index (χ4v) is 0.671. The number of hydrogen-bond donors (Lipinski definition) is 0. The van der Waals surface area contributed by atoms with Crippen LogP contribution in [0.2, 0.25) is 0 Å². The zero-order chi connectivity index (χ0) is 10.0. The summed E-state index contributed by atoms with van der Waals surface area (Å²) in [6, 6.07) is 0. The third-order valence-electron chi connectivity index (χ3n) is 2.49. The third-order valence-corrected chi connectivity index (χ3v) is 2.49. The van der Waals surface area contributed by atoms with Crippen LogP contribution in [0.4, 0.5) is 0 Å². The van der Waals surface area contributed by atoms with E-state index in [9.17, 15) is 5.11 Å². The van der Waals surface area contributed by atoms with Gasteiger partial charge in [-0.2, -0.15) is 0 Å². The Bertz CT molecular complexity index is 69.6. The Kier molecular flexibility index (Phi) is 10.8. The second kappa shape index (κ2) is 9.01. The molecule has 0 radical (unpaired) electrons. The molecule has 0 saturated heterocycles. The molecule has 2 nitrogen and oxygen atoms in total. The van der Waals surface area contributed by atoms with Crippen LogP contribution in [0.15, 0.2) is 0 Å². The molecule has 0 aliphatic carbocycles. The minimum atomic E-state index is 0.0694. The maximum absolute atomic E-state index is 9.30. The first-order valence-electron chi connectivity index (χ1n) is 5.01. The van der Waals surface area contributed by atoms with E-state index < -0.39 is 0 Å². The van der Waals surface area contributed by atoms with Gasteiger partial charge < -0.3 is 9.59 Å². The van der Waals surface area contributed by atoms with Gasteiger partial charge in [0, 0.05) is 0 Å². The second-order valence-corrected chi connectivity index (χ2v) is 3.27. The van der Waals surface area contributed by atoms with Gasteiger partial charge in [-0.3, -0.25) is 0 Å². The van der Waals surface area contributed by atoms with Gasteiger partial charge in [0.05, 0.1) is 26.7 Å². The van der Waals surface area contributed by atoms with Gasteiger partial charge in [0.2, 0.25) is 0 Å². The van der Waals surface area contributed by atoms with Gasteiger partial charge in [-0.15, -0.1) is 6.61 Å². The van der Waals surface area contributed by atoms with E-state index in [-0.39, 0.29) is 6.61 Å². The minimum absolute atomic E-state index is 0.0694. The molecule has 0 aromatic rings. The van der Waals surface area contributed by atoms with Gasteiger partial charge in [-0.25, -0.2) is 0 Å². The van der Waals surface area contributed by atoms with Crippen LogP contribution < -0.4 is 5.11 Å². The van der Waals surface area contributed by atoms with Crippen LogP contribution in [0.5, 0.6) is 0 Å². The molecule has 0 atom stereocenters. The van der Waals surface area contributed by atoms with Crippen molar-refractivity contribution >= 4 is 0 Å². The SMILES string of the molecule is CCC[O-].CC[N+](C)(CC)CC. The molecule has 12 heavy (non-hydrogen) atoms. The van der Waals surface area contributed by atoms with Gasteiger partial charge in [-0.05, 0) is 20.8 Å². The molecule has 0 aromatic carbocycles. The first kappa shape index (κ1) is 14.4. The van der Waals surface area contributed by atoms with E-state index in [1.54, 1.807) is 0 Å². The van der Waals surface area contributed by atoms with E-state index >= 15 is 0 Å². The number of hydrogen-bond acceptors (Lipinski definition) is 1. The van der Waals surface area contributed by atoms with Crippen LogP contribution in [0.3, 0.4) is 0 Å². The van der Waals surface area contributed by atoms with Crippen LogP contribution in [0.25, 0.3) is 0 Å². The third kappa shape index (κ3) is 8.02. The van der Waals surface area contributed by atoms with E-state index in [0.717, 1.165) is 6.42 Å². The van der Waals surface area contributed by atoms with Gasteiger partial charge >= 0.3 is 0 Å². The Balaban J connectivity index is 0. The van der Waals surface area contributed by atoms with Crippen LogP contribution in [0.1, 0.15) is 34.1 Å². The molecular formula is C10H25NO. The van der Waals surface area contributed by atoms with E-state index in [4.69, 9.17) is 0 Å². The highest BCUT2D eigenvalue weighted by Crippen LogP contribution is 1.97. The molecule has 0 fully saturated rings. The van der Waals surface area contributed by atoms with Crippen molar-refractivity contribution in [1.82, 2.24) is 0 Å². The molecule has 0 heterocycles. The topological polar surface area (TPSA) is 23.1 Å². The van der Waals surface area contributed by atoms with Crippen molar-refractivity contribution in [3.63, 3.8) is 0 Å². The summed E-state index contributed by atoms with van der Waals surface area (Å²) in [4.78, 5) is 0. The van der Waals surface area contributed by atoms with Crippen molar-refractivity contribution in [3.05, 3.63) is 0 Å². The van der Waals surface area contributed by atoms with E-state index in [1.807, 2.05) is 6.92 Å². The summed E-state index contributed by atoms with van der Waals surface area (Å²) >= 11 is 0. The lowest BCUT2D eigenvalue weighted by molar-refractivity contribution is -0.904. The molecule has 0 spiro atoms. The fourth-order valence-electron chi connectivity index (χ4n) is 0.671. The predicted molar refractivity (Wildman–Crippen MR) is 53.0 cm³/mol. The highest BCUT2D eigenvalue weighted by molar-refractivity contribution is 4.24. The summed E-state index contributed by atoms with van der Waals surface area (Å²) in [7, 11) is 2.29. The quantitative estimate of drug-likeness (QED) is 0.590. The average Bonchev–Trinajstić information content (AvgIpc) is 2.17. The molecular weight excluding hydrogens is 150 g/mol. The zero-order valence-corrected chi connectivity index (χ0v) is 9.39. The monoisotopic (exact) mass is 175 g/mol. The van der Waals surface area contributed by atoms with Crippen molar-refractivity contribution in [2.45, 2.75) is 34.1 Å². The van der Waals surface area contributed by atoms with Crippen molar-refractivity contribution in [2.24, 2.45) is 0 Å². The lowest BCUT2D eigenvalue weighted by Gasteiger charge is -2.30. The Morgan fingerprint density at radius 3 is 1.17 bits per heavy atom. The van der Waals surface area contributed by atoms with Gasteiger partial charge in [0.1, 0.15) is 0 Å². The molecule has 2 heteroatoms. The zero-order valence-electron chi connectivity index (χ0n) is 9.39. The molecule has 0 saturated carbocycles. The maximum atomic E-state index is 9.30. The summed E-state index contributed by atoms with van der Waals surface area (Å²) in [6.07, 6.45) is 0.764. The second-order valence-electron chi connectivity index (χ2n) is 3.27. The summed E-state index contributed by atoms with van der Waals surface area (Å²) in [6.45, 7) is 12.4. The molecule has 0 unspecified atom stereocenters. The largest absolute Gasteiger partial charge is 0.854 e. The predicted octanol–water partition coefficient (Wildman–Crippen LogP) is 1.25. The van der Waals surface area contributed by atoms with Gasteiger partial charge in [0.15, 0.2) is 0 Å². The standard InChI is InChI=1S/C7H18N.C3H7O/c1-5-8(4,6-2)7-3;1-2-3-4/h5-7H2,1-4H3;2-3H2,1H3/q+1;-1. The summed E-state index contributed by atoms with van der Waals surface area (Å²) in [5, 5.41) is 9.30. The molecule has 0 aliphatic rings. The number of quaternary nitrogens is 1. The lowest BCUT2D eigenvalue weighted by atomic mass is 10.4. The van der Waals surface area contributed by atoms with Gasteiger partial charge in [-0.1, -0.05) is 13.3 Å². The van der Waals surface area contributed by atoms with Crippen molar-refractivity contribution in [1.29, 1.82) is 0 Å². The highest BCUT2D eigenvalue weighted by atomic mass is 16.2. The minimum Gasteiger partial charge on any atom is -0.854 e. The number of rotatable bonds is 4. The van der Waals surface area contributed by atoms with Crippen LogP contribution in [-0.4, -0.2) is 37.8 Å². The van der Waals surface area contributed by atoms with E-state index in [2.05, 4.69) is 27.8 Å². The molecule has 0 aromatic heterocycles. The smallest absolute Gasteiger partial charge is 0.0755 e. The van der Waals surface area contributed by atoms with Gasteiger partial charge in [0.25, 0.3) is 0 Å². The fraction of sp³-hybridized carbons (Fsp3) is 1.00. The Labute approximate surface area is 77.8 Å². The van der Waals surface area contributed by atoms with Crippen molar-refractivity contribution in [3.8, 4) is 0 Å². The van der Waals surface area contributed by atoms with Crippen LogP contribution in [-0.2, 0) is 0 Å². The van der Waals surface area contributed by atoms with Crippen LogP contribution in [0, 0.1) is 0 Å². The summed E-state index contributed by atoms with van der Waals surface area (Å²) in [5.41, 5.74) is 0. The summed E-state index contributed by atoms with van der Waals surface area (Å²) in [5.74, 6) is 0.